The van der Waals surface area contributed by atoms with Crippen LogP contribution in [0.1, 0.15) is 32.6 Å². The lowest BCUT2D eigenvalue weighted by molar-refractivity contribution is -0.147. The van der Waals surface area contributed by atoms with E-state index in [1.165, 1.54) is 13.0 Å². The molecule has 0 aromatic rings. The second-order valence-corrected chi connectivity index (χ2v) is 6.37. The molecule has 2 atom stereocenters. The number of amides is 3. The van der Waals surface area contributed by atoms with Crippen LogP contribution in [0.2, 0.25) is 0 Å². The van der Waals surface area contributed by atoms with Crippen LogP contribution in [0.15, 0.2) is 12.7 Å². The summed E-state index contributed by atoms with van der Waals surface area (Å²) in [5.74, 6) is -5.01. The summed E-state index contributed by atoms with van der Waals surface area (Å²) in [6, 6.07) is -2.61. The van der Waals surface area contributed by atoms with E-state index < -0.39 is 60.9 Å². The van der Waals surface area contributed by atoms with Gasteiger partial charge >= 0.3 is 18.1 Å². The summed E-state index contributed by atoms with van der Waals surface area (Å²) in [5.41, 5.74) is 2.38. The van der Waals surface area contributed by atoms with Crippen molar-refractivity contribution in [2.75, 3.05) is 19.7 Å². The van der Waals surface area contributed by atoms with Crippen LogP contribution < -0.4 is 21.4 Å². The van der Waals surface area contributed by atoms with Gasteiger partial charge in [0.2, 0.25) is 17.7 Å². The Morgan fingerprint density at radius 1 is 1.03 bits per heavy atom. The number of nitrogens with one attached hydrogen (secondary N) is 4. The first-order valence-electron chi connectivity index (χ1n) is 9.52. The molecule has 0 saturated heterocycles. The molecule has 0 saturated carbocycles. The minimum absolute atomic E-state index is 0.00255. The number of hydroxylamine groups is 1. The number of hydrogen-bond donors (Lipinski definition) is 6. The summed E-state index contributed by atoms with van der Waals surface area (Å²) >= 11 is 0. The Hall–Kier alpha value is -3.68. The Labute approximate surface area is 183 Å². The maximum Gasteiger partial charge on any atom is 0.528 e. The predicted octanol–water partition coefficient (Wildman–Crippen LogP) is -1.33. The molecule has 14 heteroatoms. The Bertz CT molecular complexity index is 697. The quantitative estimate of drug-likeness (QED) is 0.0687. The van der Waals surface area contributed by atoms with Gasteiger partial charge in [0, 0.05) is 13.5 Å². The van der Waals surface area contributed by atoms with E-state index in [1.807, 2.05) is 5.32 Å². The molecule has 0 aromatic carbocycles. The number of unbranched alkanes of at least 4 members (excludes halogenated alkanes) is 1. The van der Waals surface area contributed by atoms with E-state index in [1.54, 1.807) is 0 Å². The maximum absolute atomic E-state index is 12.3. The van der Waals surface area contributed by atoms with Gasteiger partial charge in [0.25, 0.3) is 0 Å². The van der Waals surface area contributed by atoms with Gasteiger partial charge in [-0.2, -0.15) is 0 Å². The van der Waals surface area contributed by atoms with E-state index >= 15 is 0 Å². The van der Waals surface area contributed by atoms with Gasteiger partial charge in [-0.15, -0.1) is 5.48 Å². The number of rotatable bonds is 16. The van der Waals surface area contributed by atoms with Crippen LogP contribution in [0.25, 0.3) is 0 Å². The number of aliphatic carboxylic acids is 2. The molecule has 0 aromatic heterocycles. The van der Waals surface area contributed by atoms with E-state index in [2.05, 4.69) is 32.3 Å². The van der Waals surface area contributed by atoms with Crippen molar-refractivity contribution in [1.29, 1.82) is 0 Å². The van der Waals surface area contributed by atoms with Crippen molar-refractivity contribution in [1.82, 2.24) is 21.4 Å². The summed E-state index contributed by atoms with van der Waals surface area (Å²) in [6.07, 6.45) is 0.724. The van der Waals surface area contributed by atoms with Crippen molar-refractivity contribution in [2.24, 2.45) is 0 Å². The number of hydrogen-bond acceptors (Lipinski definition) is 9. The molecule has 0 aliphatic carbocycles. The molecule has 32 heavy (non-hydrogen) atoms. The molecule has 6 N–H and O–H groups in total. The fourth-order valence-electron chi connectivity index (χ4n) is 2.24. The third kappa shape index (κ3) is 14.3. The van der Waals surface area contributed by atoms with Crippen molar-refractivity contribution >= 4 is 35.8 Å². The molecule has 0 fully saturated rings. The van der Waals surface area contributed by atoms with Crippen LogP contribution in [-0.4, -0.2) is 77.8 Å². The molecule has 180 valence electrons. The van der Waals surface area contributed by atoms with Crippen LogP contribution in [0.5, 0.6) is 0 Å². The minimum atomic E-state index is -1.65. The van der Waals surface area contributed by atoms with Crippen molar-refractivity contribution in [3.8, 4) is 0 Å². The third-order valence-electron chi connectivity index (χ3n) is 3.63. The smallest absolute Gasteiger partial charge is 0.481 e. The average Bonchev–Trinajstić information content (AvgIpc) is 2.70. The zero-order valence-corrected chi connectivity index (χ0v) is 17.5. The Morgan fingerprint density at radius 2 is 1.72 bits per heavy atom. The monoisotopic (exact) mass is 460 g/mol. The topological polar surface area (TPSA) is 209 Å². The van der Waals surface area contributed by atoms with Crippen LogP contribution in [0.4, 0.5) is 4.79 Å². The SMILES string of the molecule is C=CCOC(=O)ONCCCC[C@H](NC(C)=O)C(=O)NCC(=O)N[C@@H](CC(=O)O)C(=O)O. The Kier molecular flexibility index (Phi) is 14.2. The fourth-order valence-corrected chi connectivity index (χ4v) is 2.24. The molecule has 3 amide bonds. The Balaban J connectivity index is 4.42. The lowest BCUT2D eigenvalue weighted by Crippen LogP contribution is -2.50. The number of carbonyl (C=O) groups is 6. The molecule has 0 unspecified atom stereocenters. The zero-order chi connectivity index (χ0) is 24.5. The molecular formula is C18H28N4O10. The van der Waals surface area contributed by atoms with Gasteiger partial charge in [0.1, 0.15) is 18.7 Å². The molecule has 0 radical (unpaired) electrons. The van der Waals surface area contributed by atoms with Gasteiger partial charge in [-0.1, -0.05) is 12.7 Å². The maximum atomic E-state index is 12.3. The highest BCUT2D eigenvalue weighted by atomic mass is 16.8. The van der Waals surface area contributed by atoms with E-state index in [-0.39, 0.29) is 19.6 Å². The van der Waals surface area contributed by atoms with Gasteiger partial charge in [0.05, 0.1) is 13.0 Å². The van der Waals surface area contributed by atoms with Crippen molar-refractivity contribution in [3.63, 3.8) is 0 Å². The zero-order valence-electron chi connectivity index (χ0n) is 17.5. The largest absolute Gasteiger partial charge is 0.528 e. The van der Waals surface area contributed by atoms with Crippen molar-refractivity contribution < 1.29 is 48.6 Å². The number of ether oxygens (including phenoxy) is 1. The van der Waals surface area contributed by atoms with Crippen molar-refractivity contribution in [2.45, 2.75) is 44.7 Å². The number of carboxylic acid groups (broad SMARTS) is 2. The molecular weight excluding hydrogens is 432 g/mol. The van der Waals surface area contributed by atoms with Gasteiger partial charge in [-0.3, -0.25) is 19.2 Å². The van der Waals surface area contributed by atoms with Crippen molar-refractivity contribution in [3.05, 3.63) is 12.7 Å². The minimum Gasteiger partial charge on any atom is -0.481 e. The van der Waals surface area contributed by atoms with Crippen LogP contribution >= 0.6 is 0 Å². The highest BCUT2D eigenvalue weighted by Gasteiger charge is 2.24. The van der Waals surface area contributed by atoms with Gasteiger partial charge in [-0.05, 0) is 19.3 Å². The molecule has 0 aliphatic heterocycles. The summed E-state index contributed by atoms with van der Waals surface area (Å²) in [4.78, 5) is 72.7. The van der Waals surface area contributed by atoms with Gasteiger partial charge < -0.3 is 35.7 Å². The molecule has 0 rings (SSSR count). The number of carboxylic acids is 2. The molecule has 0 heterocycles. The molecule has 0 spiro atoms. The third-order valence-corrected chi connectivity index (χ3v) is 3.63. The second-order valence-electron chi connectivity index (χ2n) is 6.37. The standard InChI is InChI=1S/C18H28N4O10/c1-3-8-31-18(30)32-20-7-5-4-6-12(21-11(2)23)16(27)19-10-14(24)22-13(17(28)29)9-15(25)26/h3,12-13,20H,1,4-10H2,2H3,(H,19,27)(H,21,23)(H,22,24)(H,25,26)(H,28,29)/t12-,13-/m0/s1. The van der Waals surface area contributed by atoms with E-state index in [0.29, 0.717) is 12.8 Å². The summed E-state index contributed by atoms with van der Waals surface area (Å²) < 4.78 is 4.58. The lowest BCUT2D eigenvalue weighted by Gasteiger charge is -2.18. The predicted molar refractivity (Wildman–Crippen MR) is 107 cm³/mol. The first-order chi connectivity index (χ1) is 15.1. The van der Waals surface area contributed by atoms with E-state index in [0.717, 1.165) is 0 Å². The Morgan fingerprint density at radius 3 is 2.28 bits per heavy atom. The molecule has 14 nitrogen and oxygen atoms in total. The summed E-state index contributed by atoms with van der Waals surface area (Å²) in [6.45, 7) is 4.23. The normalized spacial score (nSPS) is 11.9. The first kappa shape index (κ1) is 28.3. The average molecular weight is 460 g/mol. The highest BCUT2D eigenvalue weighted by molar-refractivity contribution is 5.92. The highest BCUT2D eigenvalue weighted by Crippen LogP contribution is 2.02. The second kappa shape index (κ2) is 16.1. The summed E-state index contributed by atoms with van der Waals surface area (Å²) in [5, 5.41) is 24.2. The van der Waals surface area contributed by atoms with Gasteiger partial charge in [0.15, 0.2) is 0 Å². The van der Waals surface area contributed by atoms with Crippen LogP contribution in [0, 0.1) is 0 Å². The molecule has 0 bridgehead atoms. The molecule has 0 aliphatic rings. The summed E-state index contributed by atoms with van der Waals surface area (Å²) in [7, 11) is 0. The van der Waals surface area contributed by atoms with E-state index in [4.69, 9.17) is 10.2 Å². The van der Waals surface area contributed by atoms with E-state index in [9.17, 15) is 28.8 Å². The van der Waals surface area contributed by atoms with Crippen LogP contribution in [0.3, 0.4) is 0 Å². The first-order valence-corrected chi connectivity index (χ1v) is 9.52. The fraction of sp³-hybridized carbons (Fsp3) is 0.556. The van der Waals surface area contributed by atoms with Crippen LogP contribution in [-0.2, 0) is 33.5 Å². The lowest BCUT2D eigenvalue weighted by atomic mass is 10.1. The number of carbonyl (C=O) groups excluding carboxylic acids is 4. The van der Waals surface area contributed by atoms with Gasteiger partial charge in [-0.25, -0.2) is 9.59 Å².